The molecule has 1 amide bonds. The lowest BCUT2D eigenvalue weighted by Crippen LogP contribution is -2.68. The molecule has 0 radical (unpaired) electrons. The molecule has 0 aromatic carbocycles. The molecule has 3 heterocycles. The van der Waals surface area contributed by atoms with Crippen LogP contribution < -0.4 is 10.1 Å². The summed E-state index contributed by atoms with van der Waals surface area (Å²) in [7, 11) is -3.20. The first-order valence-electron chi connectivity index (χ1n) is 9.30. The summed E-state index contributed by atoms with van der Waals surface area (Å²) < 4.78 is 30.0. The average Bonchev–Trinajstić information content (AvgIpc) is 2.69. The molecular formula is C19H22N4O4S. The molecule has 0 spiro atoms. The van der Waals surface area contributed by atoms with E-state index in [2.05, 4.69) is 15.3 Å². The zero-order valence-corrected chi connectivity index (χ0v) is 16.3. The van der Waals surface area contributed by atoms with E-state index in [4.69, 9.17) is 4.74 Å². The third-order valence-electron chi connectivity index (χ3n) is 5.89. The van der Waals surface area contributed by atoms with Crippen molar-refractivity contribution in [2.45, 2.75) is 36.6 Å². The van der Waals surface area contributed by atoms with Crippen molar-refractivity contribution < 1.29 is 18.6 Å². The number of carbonyl (C=O) groups excluding carboxylic acids is 1. The second-order valence-electron chi connectivity index (χ2n) is 7.81. The fraction of sp³-hybridized carbons (Fsp3) is 0.421. The van der Waals surface area contributed by atoms with Crippen LogP contribution in [0.5, 0.6) is 5.88 Å². The van der Waals surface area contributed by atoms with Gasteiger partial charge in [0.25, 0.3) is 0 Å². The van der Waals surface area contributed by atoms with Crippen LogP contribution in [-0.4, -0.2) is 48.0 Å². The Hall–Kier alpha value is -2.20. The van der Waals surface area contributed by atoms with Crippen molar-refractivity contribution in [3.8, 4) is 17.0 Å². The second kappa shape index (κ2) is 6.15. The number of rotatable bonds is 3. The molecule has 6 rings (SSSR count). The van der Waals surface area contributed by atoms with E-state index in [1.54, 1.807) is 30.6 Å². The van der Waals surface area contributed by atoms with Crippen LogP contribution in [0, 0.1) is 5.92 Å². The van der Waals surface area contributed by atoms with Crippen molar-refractivity contribution in [2.24, 2.45) is 5.92 Å². The zero-order valence-electron chi connectivity index (χ0n) is 15.5. The van der Waals surface area contributed by atoms with E-state index in [9.17, 15) is 13.9 Å². The Balaban J connectivity index is 1.53. The Bertz CT molecular complexity index is 950. The number of amides is 1. The van der Waals surface area contributed by atoms with Crippen LogP contribution in [0.4, 0.5) is 5.82 Å². The maximum absolute atomic E-state index is 11.3. The number of hydrogen-bond donors (Lipinski definition) is 3. The first-order chi connectivity index (χ1) is 13.4. The number of ether oxygens (including phenoxy) is 1. The molecule has 3 fully saturated rings. The molecule has 148 valence electrons. The lowest BCUT2D eigenvalue weighted by molar-refractivity contribution is -0.114. The molecule has 0 saturated heterocycles. The van der Waals surface area contributed by atoms with Gasteiger partial charge >= 0.3 is 0 Å². The normalized spacial score (nSPS) is 28.6. The van der Waals surface area contributed by atoms with E-state index in [1.165, 1.54) is 6.92 Å². The number of nitrogens with one attached hydrogen (secondary N) is 1. The van der Waals surface area contributed by atoms with Gasteiger partial charge in [-0.3, -0.25) is 13.9 Å². The van der Waals surface area contributed by atoms with Crippen LogP contribution in [0.15, 0.2) is 35.5 Å². The van der Waals surface area contributed by atoms with Crippen LogP contribution in [0.2, 0.25) is 0 Å². The van der Waals surface area contributed by atoms with Gasteiger partial charge in [0.1, 0.15) is 17.3 Å². The first-order valence-corrected chi connectivity index (χ1v) is 10.8. The summed E-state index contributed by atoms with van der Waals surface area (Å²) in [5.74, 6) is 1.22. The van der Waals surface area contributed by atoms with Crippen molar-refractivity contribution in [3.63, 3.8) is 0 Å². The highest BCUT2D eigenvalue weighted by atomic mass is 32.3. The van der Waals surface area contributed by atoms with Crippen molar-refractivity contribution in [3.05, 3.63) is 30.6 Å². The Morgan fingerprint density at radius 2 is 2.07 bits per heavy atom. The summed E-state index contributed by atoms with van der Waals surface area (Å²) >= 11 is 0. The van der Waals surface area contributed by atoms with E-state index in [0.717, 1.165) is 30.7 Å². The summed E-state index contributed by atoms with van der Waals surface area (Å²) in [6.45, 7) is 2.27. The van der Waals surface area contributed by atoms with Gasteiger partial charge in [0.2, 0.25) is 11.8 Å². The Kier molecular flexibility index (Phi) is 3.92. The van der Waals surface area contributed by atoms with Crippen molar-refractivity contribution >= 4 is 22.5 Å². The molecule has 0 atom stereocenters. The molecule has 3 aliphatic carbocycles. The van der Waals surface area contributed by atoms with Crippen LogP contribution >= 0.6 is 10.8 Å². The van der Waals surface area contributed by atoms with Gasteiger partial charge in [-0.05, 0) is 48.9 Å². The Morgan fingerprint density at radius 3 is 2.75 bits per heavy atom. The highest BCUT2D eigenvalue weighted by Crippen LogP contribution is 2.69. The molecular weight excluding hydrogens is 380 g/mol. The maximum atomic E-state index is 11.3. The molecule has 28 heavy (non-hydrogen) atoms. The second-order valence-corrected chi connectivity index (χ2v) is 9.73. The standard InChI is InChI=1S/C19H22N4O4S/c1-12(24)22-17-7-14(2-3-20-17)15-6-16-18(21-11-15)27-5-4-23(28(16,25)26)19-8-13(9-19)10-19/h2-3,6-7,11,13,25-26H,4-5,8-10H2,1H3,(H,20,22,24). The van der Waals surface area contributed by atoms with Gasteiger partial charge in [0.05, 0.1) is 6.54 Å². The summed E-state index contributed by atoms with van der Waals surface area (Å²) in [5, 5.41) is 2.65. The highest BCUT2D eigenvalue weighted by molar-refractivity contribution is 8.22. The minimum atomic E-state index is -3.20. The largest absolute Gasteiger partial charge is 0.475 e. The molecule has 2 bridgehead atoms. The minimum Gasteiger partial charge on any atom is -0.475 e. The summed E-state index contributed by atoms with van der Waals surface area (Å²) in [6.07, 6.45) is 6.30. The van der Waals surface area contributed by atoms with Gasteiger partial charge in [0.15, 0.2) is 0 Å². The zero-order chi connectivity index (χ0) is 19.5. The van der Waals surface area contributed by atoms with Gasteiger partial charge in [-0.2, -0.15) is 4.31 Å². The maximum Gasteiger partial charge on any atom is 0.238 e. The number of fused-ring (bicyclic) bond motifs is 1. The topological polar surface area (TPSA) is 108 Å². The molecule has 2 aromatic rings. The van der Waals surface area contributed by atoms with E-state index in [1.807, 2.05) is 4.31 Å². The minimum absolute atomic E-state index is 0.0975. The molecule has 3 saturated carbocycles. The Morgan fingerprint density at radius 1 is 1.29 bits per heavy atom. The van der Waals surface area contributed by atoms with Gasteiger partial charge in [-0.1, -0.05) is 0 Å². The van der Waals surface area contributed by atoms with Gasteiger partial charge in [-0.15, -0.1) is 10.8 Å². The number of anilines is 1. The van der Waals surface area contributed by atoms with Crippen molar-refractivity contribution in [1.29, 1.82) is 0 Å². The Labute approximate surface area is 164 Å². The highest BCUT2D eigenvalue weighted by Gasteiger charge is 2.63. The number of aromatic nitrogens is 2. The third kappa shape index (κ3) is 2.69. The molecule has 2 aromatic heterocycles. The molecule has 0 unspecified atom stereocenters. The van der Waals surface area contributed by atoms with E-state index in [0.29, 0.717) is 29.4 Å². The fourth-order valence-electron chi connectivity index (χ4n) is 4.47. The number of pyridine rings is 2. The molecule has 1 aliphatic heterocycles. The van der Waals surface area contributed by atoms with Crippen LogP contribution in [0.25, 0.3) is 11.1 Å². The summed E-state index contributed by atoms with van der Waals surface area (Å²) in [6, 6.07) is 5.25. The summed E-state index contributed by atoms with van der Waals surface area (Å²) in [4.78, 5) is 20.1. The quantitative estimate of drug-likeness (QED) is 0.722. The number of hydrogen-bond acceptors (Lipinski definition) is 7. The lowest BCUT2D eigenvalue weighted by atomic mass is 9.50. The van der Waals surface area contributed by atoms with Crippen molar-refractivity contribution in [2.75, 3.05) is 18.5 Å². The SMILES string of the molecule is CC(=O)Nc1cc(-c2cnc3c(c2)S(O)(O)N(C24CC(C2)C4)CCO3)ccn1. The summed E-state index contributed by atoms with van der Waals surface area (Å²) in [5.41, 5.74) is 1.38. The van der Waals surface area contributed by atoms with E-state index < -0.39 is 10.8 Å². The predicted octanol–water partition coefficient (Wildman–Crippen LogP) is 3.37. The van der Waals surface area contributed by atoms with E-state index >= 15 is 0 Å². The monoisotopic (exact) mass is 402 g/mol. The van der Waals surface area contributed by atoms with Crippen LogP contribution in [0.3, 0.4) is 0 Å². The van der Waals surface area contributed by atoms with Crippen molar-refractivity contribution in [1.82, 2.24) is 14.3 Å². The molecule has 8 nitrogen and oxygen atoms in total. The predicted molar refractivity (Wildman–Crippen MR) is 105 cm³/mol. The van der Waals surface area contributed by atoms with Gasteiger partial charge in [0, 0.05) is 30.4 Å². The van der Waals surface area contributed by atoms with E-state index in [-0.39, 0.29) is 17.3 Å². The van der Waals surface area contributed by atoms with Crippen LogP contribution in [-0.2, 0) is 4.79 Å². The number of nitrogens with zero attached hydrogens (tertiary/aromatic N) is 3. The molecule has 4 aliphatic rings. The lowest BCUT2D eigenvalue weighted by Gasteiger charge is -2.69. The smallest absolute Gasteiger partial charge is 0.238 e. The fourth-order valence-corrected chi connectivity index (χ4v) is 6.43. The average molecular weight is 402 g/mol. The van der Waals surface area contributed by atoms with Gasteiger partial charge in [-0.25, -0.2) is 9.97 Å². The van der Waals surface area contributed by atoms with Crippen LogP contribution in [0.1, 0.15) is 26.2 Å². The van der Waals surface area contributed by atoms with Gasteiger partial charge < -0.3 is 10.1 Å². The molecule has 3 N–H and O–H groups in total. The first kappa shape index (κ1) is 17.9. The number of carbonyl (C=O) groups is 1. The molecule has 9 heteroatoms. The third-order valence-corrected chi connectivity index (χ3v) is 7.95.